The molecule has 0 unspecified atom stereocenters. The summed E-state index contributed by atoms with van der Waals surface area (Å²) in [6, 6.07) is 6.74. The van der Waals surface area contributed by atoms with E-state index in [4.69, 9.17) is 0 Å². The standard InChI is InChI=1S/C20H18F3N3O2/c21-20(22,23)14-4-1-3-12(7-14)13-8-17-16(24-10-13)9-19(28)26(17)11-18(27)25-15-5-2-6-15/h1,3-4,7-8,10,15H,2,5-6,9,11H2,(H,25,27). The predicted molar refractivity (Wildman–Crippen MR) is 96.5 cm³/mol. The first-order chi connectivity index (χ1) is 13.3. The summed E-state index contributed by atoms with van der Waals surface area (Å²) < 4.78 is 39.0. The zero-order valence-corrected chi connectivity index (χ0v) is 14.9. The van der Waals surface area contributed by atoms with Crippen LogP contribution in [0.1, 0.15) is 30.5 Å². The van der Waals surface area contributed by atoms with Crippen molar-refractivity contribution in [3.63, 3.8) is 0 Å². The van der Waals surface area contributed by atoms with Crippen molar-refractivity contribution in [3.05, 3.63) is 47.8 Å². The molecule has 8 heteroatoms. The van der Waals surface area contributed by atoms with E-state index in [1.54, 1.807) is 12.1 Å². The Kier molecular flexibility index (Phi) is 4.56. The molecule has 4 rings (SSSR count). The summed E-state index contributed by atoms with van der Waals surface area (Å²) in [7, 11) is 0. The maximum Gasteiger partial charge on any atom is 0.416 e. The van der Waals surface area contributed by atoms with Gasteiger partial charge in [0.15, 0.2) is 0 Å². The number of nitrogens with zero attached hydrogens (tertiary/aromatic N) is 2. The summed E-state index contributed by atoms with van der Waals surface area (Å²) in [5.74, 6) is -0.483. The highest BCUT2D eigenvalue weighted by Gasteiger charge is 2.32. The molecule has 0 atom stereocenters. The van der Waals surface area contributed by atoms with Crippen molar-refractivity contribution in [3.8, 4) is 11.1 Å². The van der Waals surface area contributed by atoms with E-state index >= 15 is 0 Å². The van der Waals surface area contributed by atoms with Gasteiger partial charge in [-0.15, -0.1) is 0 Å². The van der Waals surface area contributed by atoms with Crippen molar-refractivity contribution in [1.82, 2.24) is 10.3 Å². The SMILES string of the molecule is O=C(CN1C(=O)Cc2ncc(-c3cccc(C(F)(F)F)c3)cc21)NC1CCC1. The lowest BCUT2D eigenvalue weighted by Crippen LogP contribution is -2.45. The summed E-state index contributed by atoms with van der Waals surface area (Å²) >= 11 is 0. The van der Waals surface area contributed by atoms with Crippen LogP contribution in [0.2, 0.25) is 0 Å². The molecule has 0 spiro atoms. The van der Waals surface area contributed by atoms with Gasteiger partial charge >= 0.3 is 6.18 Å². The van der Waals surface area contributed by atoms with Crippen molar-refractivity contribution in [1.29, 1.82) is 0 Å². The highest BCUT2D eigenvalue weighted by atomic mass is 19.4. The Hall–Kier alpha value is -2.90. The maximum absolute atomic E-state index is 13.0. The molecule has 2 amide bonds. The third-order valence-corrected chi connectivity index (χ3v) is 5.15. The average Bonchev–Trinajstić information content (AvgIpc) is 2.92. The van der Waals surface area contributed by atoms with Gasteiger partial charge < -0.3 is 10.2 Å². The predicted octanol–water partition coefficient (Wildman–Crippen LogP) is 3.33. The molecular weight excluding hydrogens is 371 g/mol. The van der Waals surface area contributed by atoms with Gasteiger partial charge in [-0.05, 0) is 43.0 Å². The molecule has 2 aromatic rings. The molecule has 0 radical (unpaired) electrons. The topological polar surface area (TPSA) is 62.3 Å². The fraction of sp³-hybridized carbons (Fsp3) is 0.350. The van der Waals surface area contributed by atoms with Crippen LogP contribution in [0.3, 0.4) is 0 Å². The number of aromatic nitrogens is 1. The molecule has 0 bridgehead atoms. The van der Waals surface area contributed by atoms with Crippen LogP contribution < -0.4 is 10.2 Å². The Morgan fingerprint density at radius 1 is 1.21 bits per heavy atom. The van der Waals surface area contributed by atoms with Crippen LogP contribution in [-0.4, -0.2) is 29.4 Å². The fourth-order valence-corrected chi connectivity index (χ4v) is 3.40. The van der Waals surface area contributed by atoms with Crippen LogP contribution >= 0.6 is 0 Å². The van der Waals surface area contributed by atoms with Gasteiger partial charge in [0.1, 0.15) is 6.54 Å². The number of carbonyl (C=O) groups excluding carboxylic acids is 2. The van der Waals surface area contributed by atoms with Gasteiger partial charge in [0.2, 0.25) is 11.8 Å². The highest BCUT2D eigenvalue weighted by molar-refractivity contribution is 6.05. The zero-order valence-electron chi connectivity index (χ0n) is 14.9. The molecule has 1 aliphatic carbocycles. The Morgan fingerprint density at radius 2 is 2.00 bits per heavy atom. The fourth-order valence-electron chi connectivity index (χ4n) is 3.40. The molecule has 1 fully saturated rings. The maximum atomic E-state index is 13.0. The third kappa shape index (κ3) is 3.58. The number of benzene rings is 1. The molecular formula is C20H18F3N3O2. The van der Waals surface area contributed by atoms with E-state index in [0.29, 0.717) is 22.5 Å². The van der Waals surface area contributed by atoms with Crippen LogP contribution in [0.25, 0.3) is 11.1 Å². The van der Waals surface area contributed by atoms with E-state index < -0.39 is 11.7 Å². The number of fused-ring (bicyclic) bond motifs is 1. The first-order valence-corrected chi connectivity index (χ1v) is 9.07. The van der Waals surface area contributed by atoms with Gasteiger partial charge in [-0.1, -0.05) is 12.1 Å². The summed E-state index contributed by atoms with van der Waals surface area (Å²) in [5.41, 5.74) is 1.06. The van der Waals surface area contributed by atoms with Gasteiger partial charge in [-0.3, -0.25) is 14.6 Å². The number of hydrogen-bond acceptors (Lipinski definition) is 3. The van der Waals surface area contributed by atoms with E-state index in [2.05, 4.69) is 10.3 Å². The third-order valence-electron chi connectivity index (χ3n) is 5.15. The molecule has 2 heterocycles. The van der Waals surface area contributed by atoms with Crippen LogP contribution in [0.4, 0.5) is 18.9 Å². The second-order valence-electron chi connectivity index (χ2n) is 7.12. The van der Waals surface area contributed by atoms with E-state index in [-0.39, 0.29) is 30.8 Å². The molecule has 5 nitrogen and oxygen atoms in total. The number of pyridine rings is 1. The van der Waals surface area contributed by atoms with E-state index in [0.717, 1.165) is 31.4 Å². The summed E-state index contributed by atoms with van der Waals surface area (Å²) in [5, 5.41) is 2.89. The second-order valence-corrected chi connectivity index (χ2v) is 7.12. The quantitative estimate of drug-likeness (QED) is 0.873. The van der Waals surface area contributed by atoms with E-state index in [1.807, 2.05) is 0 Å². The molecule has 1 aromatic carbocycles. The number of alkyl halides is 3. The first-order valence-electron chi connectivity index (χ1n) is 9.07. The van der Waals surface area contributed by atoms with Gasteiger partial charge in [0, 0.05) is 17.8 Å². The largest absolute Gasteiger partial charge is 0.416 e. The smallest absolute Gasteiger partial charge is 0.352 e. The normalized spacial score (nSPS) is 16.7. The summed E-state index contributed by atoms with van der Waals surface area (Å²) in [6.07, 6.45) is 0.0615. The van der Waals surface area contributed by atoms with Crippen LogP contribution in [0.5, 0.6) is 0 Å². The molecule has 28 heavy (non-hydrogen) atoms. The molecule has 1 saturated carbocycles. The Morgan fingerprint density at radius 3 is 2.68 bits per heavy atom. The number of nitrogens with one attached hydrogen (secondary N) is 1. The lowest BCUT2D eigenvalue weighted by molar-refractivity contribution is -0.137. The first kappa shape index (κ1) is 18.5. The van der Waals surface area contributed by atoms with Crippen molar-refractivity contribution in [2.75, 3.05) is 11.4 Å². The number of hydrogen-bond donors (Lipinski definition) is 1. The number of rotatable bonds is 4. The number of halogens is 3. The molecule has 2 aliphatic rings. The van der Waals surface area contributed by atoms with Crippen molar-refractivity contribution < 1.29 is 22.8 Å². The average molecular weight is 389 g/mol. The minimum Gasteiger partial charge on any atom is -0.352 e. The zero-order chi connectivity index (χ0) is 19.9. The minimum absolute atomic E-state index is 0.0783. The number of amides is 2. The molecule has 1 aliphatic heterocycles. The lowest BCUT2D eigenvalue weighted by Gasteiger charge is -2.27. The Bertz CT molecular complexity index is 939. The molecule has 1 N–H and O–H groups in total. The van der Waals surface area contributed by atoms with E-state index in [9.17, 15) is 22.8 Å². The van der Waals surface area contributed by atoms with Crippen molar-refractivity contribution in [2.45, 2.75) is 37.9 Å². The summed E-state index contributed by atoms with van der Waals surface area (Å²) in [4.78, 5) is 30.1. The van der Waals surface area contributed by atoms with Crippen LogP contribution in [0, 0.1) is 0 Å². The highest BCUT2D eigenvalue weighted by Crippen LogP contribution is 2.35. The Labute approximate surface area is 159 Å². The summed E-state index contributed by atoms with van der Waals surface area (Å²) in [6.45, 7) is -0.115. The van der Waals surface area contributed by atoms with Crippen molar-refractivity contribution >= 4 is 17.5 Å². The monoisotopic (exact) mass is 389 g/mol. The molecule has 1 aromatic heterocycles. The van der Waals surface area contributed by atoms with Crippen molar-refractivity contribution in [2.24, 2.45) is 0 Å². The minimum atomic E-state index is -4.44. The van der Waals surface area contributed by atoms with Crippen LogP contribution in [-0.2, 0) is 22.2 Å². The van der Waals surface area contributed by atoms with Gasteiger partial charge in [0.25, 0.3) is 0 Å². The van der Waals surface area contributed by atoms with Crippen LogP contribution in [0.15, 0.2) is 36.5 Å². The molecule has 0 saturated heterocycles. The van der Waals surface area contributed by atoms with E-state index in [1.165, 1.54) is 17.2 Å². The van der Waals surface area contributed by atoms with Gasteiger partial charge in [0.05, 0.1) is 23.4 Å². The van der Waals surface area contributed by atoms with Gasteiger partial charge in [-0.2, -0.15) is 13.2 Å². The number of anilines is 1. The Balaban J connectivity index is 1.60. The lowest BCUT2D eigenvalue weighted by atomic mass is 9.93. The molecule has 146 valence electrons. The number of carbonyl (C=O) groups is 2. The van der Waals surface area contributed by atoms with Gasteiger partial charge in [-0.25, -0.2) is 0 Å². The second kappa shape index (κ2) is 6.92.